The van der Waals surface area contributed by atoms with Gasteiger partial charge in [-0.15, -0.1) is 0 Å². The van der Waals surface area contributed by atoms with E-state index in [1.54, 1.807) is 30.6 Å². The van der Waals surface area contributed by atoms with Gasteiger partial charge in [-0.25, -0.2) is 18.1 Å². The van der Waals surface area contributed by atoms with Gasteiger partial charge in [0.25, 0.3) is 0 Å². The highest BCUT2D eigenvalue weighted by molar-refractivity contribution is 7.89. The molecule has 0 aliphatic rings. The van der Waals surface area contributed by atoms with Crippen molar-refractivity contribution in [3.63, 3.8) is 0 Å². The Morgan fingerprint density at radius 1 is 1.39 bits per heavy atom. The Bertz CT molecular complexity index is 608. The van der Waals surface area contributed by atoms with Gasteiger partial charge in [-0.2, -0.15) is 0 Å². The summed E-state index contributed by atoms with van der Waals surface area (Å²) in [5.41, 5.74) is 6.26. The fourth-order valence-electron chi connectivity index (χ4n) is 1.48. The van der Waals surface area contributed by atoms with Crippen LogP contribution in [-0.2, 0) is 23.1 Å². The third kappa shape index (κ3) is 2.95. The molecular formula is C11H14N4O2S. The maximum absolute atomic E-state index is 12.0. The molecule has 0 unspecified atom stereocenters. The van der Waals surface area contributed by atoms with Gasteiger partial charge in [-0.05, 0) is 17.7 Å². The van der Waals surface area contributed by atoms with E-state index in [0.29, 0.717) is 12.4 Å². The highest BCUT2D eigenvalue weighted by Crippen LogP contribution is 2.11. The number of hydrogen-bond acceptors (Lipinski definition) is 4. The van der Waals surface area contributed by atoms with Gasteiger partial charge in [0, 0.05) is 18.9 Å². The number of aromatic amines is 1. The van der Waals surface area contributed by atoms with E-state index in [2.05, 4.69) is 14.7 Å². The quantitative estimate of drug-likeness (QED) is 0.726. The number of rotatable bonds is 5. The van der Waals surface area contributed by atoms with Gasteiger partial charge >= 0.3 is 0 Å². The summed E-state index contributed by atoms with van der Waals surface area (Å²) in [6.45, 7) is 0.434. The predicted octanol–water partition coefficient (Wildman–Crippen LogP) is 0.347. The van der Waals surface area contributed by atoms with Gasteiger partial charge in [-0.3, -0.25) is 0 Å². The van der Waals surface area contributed by atoms with Crippen LogP contribution in [0, 0.1) is 0 Å². The van der Waals surface area contributed by atoms with E-state index in [1.807, 2.05) is 0 Å². The van der Waals surface area contributed by atoms with Crippen LogP contribution in [0.4, 0.5) is 0 Å². The zero-order chi connectivity index (χ0) is 13.0. The van der Waals surface area contributed by atoms with Crippen molar-refractivity contribution in [1.82, 2.24) is 14.7 Å². The number of aromatic nitrogens is 2. The number of nitrogens with two attached hydrogens (primary N) is 1. The maximum atomic E-state index is 12.0. The molecule has 96 valence electrons. The summed E-state index contributed by atoms with van der Waals surface area (Å²) in [5.74, 6) is 0.563. The number of nitrogens with zero attached hydrogens (tertiary/aromatic N) is 1. The van der Waals surface area contributed by atoms with E-state index in [0.717, 1.165) is 5.56 Å². The maximum Gasteiger partial charge on any atom is 0.240 e. The van der Waals surface area contributed by atoms with Gasteiger partial charge in [0.05, 0.1) is 11.4 Å². The Hall–Kier alpha value is -1.70. The Morgan fingerprint density at radius 2 is 2.22 bits per heavy atom. The lowest BCUT2D eigenvalue weighted by Gasteiger charge is -2.06. The molecule has 0 aliphatic heterocycles. The minimum Gasteiger partial charge on any atom is -0.347 e. The van der Waals surface area contributed by atoms with E-state index in [9.17, 15) is 8.42 Å². The van der Waals surface area contributed by atoms with Crippen LogP contribution in [0.1, 0.15) is 11.4 Å². The average molecular weight is 266 g/mol. The molecule has 2 aromatic rings. The van der Waals surface area contributed by atoms with Crippen molar-refractivity contribution in [3.8, 4) is 0 Å². The molecule has 1 heterocycles. The number of benzene rings is 1. The molecule has 7 heteroatoms. The molecule has 0 radical (unpaired) electrons. The molecule has 2 rings (SSSR count). The molecule has 0 saturated heterocycles. The molecule has 0 saturated carbocycles. The Kier molecular flexibility index (Phi) is 3.75. The van der Waals surface area contributed by atoms with Crippen molar-refractivity contribution in [2.75, 3.05) is 0 Å². The molecule has 0 bridgehead atoms. The van der Waals surface area contributed by atoms with Crippen LogP contribution in [0.15, 0.2) is 41.6 Å². The molecule has 0 spiro atoms. The number of imidazole rings is 1. The van der Waals surface area contributed by atoms with Crippen LogP contribution in [0.5, 0.6) is 0 Å². The zero-order valence-electron chi connectivity index (χ0n) is 9.63. The molecule has 1 aromatic heterocycles. The lowest BCUT2D eigenvalue weighted by molar-refractivity contribution is 0.579. The predicted molar refractivity (Wildman–Crippen MR) is 66.9 cm³/mol. The molecule has 1 aromatic carbocycles. The number of nitrogens with one attached hydrogen (secondary N) is 2. The van der Waals surface area contributed by atoms with Crippen molar-refractivity contribution in [3.05, 3.63) is 48.0 Å². The highest BCUT2D eigenvalue weighted by Gasteiger charge is 2.14. The minimum absolute atomic E-state index is 0.127. The summed E-state index contributed by atoms with van der Waals surface area (Å²) in [7, 11) is -3.53. The zero-order valence-corrected chi connectivity index (χ0v) is 10.4. The fourth-order valence-corrected chi connectivity index (χ4v) is 2.54. The summed E-state index contributed by atoms with van der Waals surface area (Å²) >= 11 is 0. The topological polar surface area (TPSA) is 101 Å². The van der Waals surface area contributed by atoms with E-state index in [1.165, 1.54) is 6.07 Å². The number of sulfonamides is 1. The Labute approximate surface area is 105 Å². The SMILES string of the molecule is NCc1cccc(S(=O)(=O)NCc2ncc[nH]2)c1. The molecule has 0 amide bonds. The van der Waals surface area contributed by atoms with Crippen molar-refractivity contribution in [1.29, 1.82) is 0 Å². The van der Waals surface area contributed by atoms with Crippen LogP contribution >= 0.6 is 0 Å². The molecule has 18 heavy (non-hydrogen) atoms. The summed E-state index contributed by atoms with van der Waals surface area (Å²) in [6, 6.07) is 6.54. The van der Waals surface area contributed by atoms with Crippen LogP contribution in [0.25, 0.3) is 0 Å². The first-order valence-electron chi connectivity index (χ1n) is 5.39. The van der Waals surface area contributed by atoms with E-state index >= 15 is 0 Å². The third-order valence-electron chi connectivity index (χ3n) is 2.43. The molecule has 0 fully saturated rings. The van der Waals surface area contributed by atoms with E-state index < -0.39 is 10.0 Å². The van der Waals surface area contributed by atoms with Crippen molar-refractivity contribution >= 4 is 10.0 Å². The van der Waals surface area contributed by atoms with Crippen molar-refractivity contribution < 1.29 is 8.42 Å². The second-order valence-electron chi connectivity index (χ2n) is 3.71. The second-order valence-corrected chi connectivity index (χ2v) is 5.48. The smallest absolute Gasteiger partial charge is 0.240 e. The Balaban J connectivity index is 2.14. The van der Waals surface area contributed by atoms with Gasteiger partial charge in [0.2, 0.25) is 10.0 Å². The Morgan fingerprint density at radius 3 is 2.89 bits per heavy atom. The normalized spacial score (nSPS) is 11.6. The van der Waals surface area contributed by atoms with E-state index in [4.69, 9.17) is 5.73 Å². The largest absolute Gasteiger partial charge is 0.347 e. The first kappa shape index (κ1) is 12.7. The van der Waals surface area contributed by atoms with Crippen molar-refractivity contribution in [2.45, 2.75) is 18.0 Å². The molecule has 0 aliphatic carbocycles. The highest BCUT2D eigenvalue weighted by atomic mass is 32.2. The first-order valence-corrected chi connectivity index (χ1v) is 6.87. The molecule has 6 nitrogen and oxygen atoms in total. The minimum atomic E-state index is -3.53. The second kappa shape index (κ2) is 5.30. The summed E-state index contributed by atoms with van der Waals surface area (Å²) < 4.78 is 26.5. The molecular weight excluding hydrogens is 252 g/mol. The standard InChI is InChI=1S/C11H14N4O2S/c12-7-9-2-1-3-10(6-9)18(16,17)15-8-11-13-4-5-14-11/h1-6,15H,7-8,12H2,(H,13,14). The van der Waals surface area contributed by atoms with Gasteiger partial charge in [0.15, 0.2) is 0 Å². The van der Waals surface area contributed by atoms with Crippen LogP contribution < -0.4 is 10.5 Å². The molecule has 0 atom stereocenters. The lowest BCUT2D eigenvalue weighted by Crippen LogP contribution is -2.24. The van der Waals surface area contributed by atoms with Crippen LogP contribution in [0.3, 0.4) is 0 Å². The number of H-pyrrole nitrogens is 1. The van der Waals surface area contributed by atoms with Crippen LogP contribution in [0.2, 0.25) is 0 Å². The van der Waals surface area contributed by atoms with Gasteiger partial charge < -0.3 is 10.7 Å². The monoisotopic (exact) mass is 266 g/mol. The van der Waals surface area contributed by atoms with Gasteiger partial charge in [-0.1, -0.05) is 12.1 Å². The fraction of sp³-hybridized carbons (Fsp3) is 0.182. The summed E-state index contributed by atoms with van der Waals surface area (Å²) in [4.78, 5) is 6.98. The van der Waals surface area contributed by atoms with Crippen molar-refractivity contribution in [2.24, 2.45) is 5.73 Å². The molecule has 4 N–H and O–H groups in total. The first-order chi connectivity index (χ1) is 8.62. The third-order valence-corrected chi connectivity index (χ3v) is 3.83. The van der Waals surface area contributed by atoms with Crippen LogP contribution in [-0.4, -0.2) is 18.4 Å². The van der Waals surface area contributed by atoms with Gasteiger partial charge in [0.1, 0.15) is 5.82 Å². The van der Waals surface area contributed by atoms with E-state index in [-0.39, 0.29) is 11.4 Å². The number of hydrogen-bond donors (Lipinski definition) is 3. The lowest BCUT2D eigenvalue weighted by atomic mass is 10.2. The summed E-state index contributed by atoms with van der Waals surface area (Å²) in [5, 5.41) is 0. The summed E-state index contributed by atoms with van der Waals surface area (Å²) in [6.07, 6.45) is 3.21. The average Bonchev–Trinajstić information content (AvgIpc) is 2.90.